The van der Waals surface area contributed by atoms with Gasteiger partial charge in [0.15, 0.2) is 5.65 Å². The van der Waals surface area contributed by atoms with Crippen LogP contribution in [0.5, 0.6) is 5.88 Å². The van der Waals surface area contributed by atoms with Crippen LogP contribution >= 0.6 is 0 Å². The first-order valence-corrected chi connectivity index (χ1v) is 10.3. The SMILES string of the molecule is O=C(O)Cc1ccc(CNc2nc(=NC3CC3)n3nc/c(=C\c4[nH]c(=O)[nH]c4O)c3n2)cc1. The summed E-state index contributed by atoms with van der Waals surface area (Å²) in [7, 11) is 0. The van der Waals surface area contributed by atoms with Crippen molar-refractivity contribution in [3.8, 4) is 5.88 Å². The predicted octanol–water partition coefficient (Wildman–Crippen LogP) is -0.304. The Labute approximate surface area is 185 Å². The number of aliphatic carboxylic acids is 1. The van der Waals surface area contributed by atoms with Gasteiger partial charge in [-0.1, -0.05) is 24.3 Å². The highest BCUT2D eigenvalue weighted by atomic mass is 16.4. The molecule has 1 fully saturated rings. The van der Waals surface area contributed by atoms with Crippen LogP contribution in [0.4, 0.5) is 5.95 Å². The number of nitrogens with zero attached hydrogens (tertiary/aromatic N) is 5. The number of carbonyl (C=O) groups is 1. The molecule has 0 spiro atoms. The smallest absolute Gasteiger partial charge is 0.326 e. The van der Waals surface area contributed by atoms with Gasteiger partial charge in [0.05, 0.1) is 18.7 Å². The molecule has 1 aromatic carbocycles. The highest BCUT2D eigenvalue weighted by Crippen LogP contribution is 2.22. The van der Waals surface area contributed by atoms with Crippen LogP contribution in [0, 0.1) is 0 Å². The molecule has 0 saturated heterocycles. The molecule has 0 unspecified atom stereocenters. The molecule has 33 heavy (non-hydrogen) atoms. The fraction of sp³-hybridized carbons (Fsp3) is 0.238. The Morgan fingerprint density at radius 1 is 1.21 bits per heavy atom. The molecule has 1 aliphatic carbocycles. The Morgan fingerprint density at radius 3 is 2.64 bits per heavy atom. The summed E-state index contributed by atoms with van der Waals surface area (Å²) in [6, 6.07) is 7.46. The summed E-state index contributed by atoms with van der Waals surface area (Å²) in [5.41, 5.74) is 2.22. The van der Waals surface area contributed by atoms with Crippen LogP contribution in [0.3, 0.4) is 0 Å². The van der Waals surface area contributed by atoms with Gasteiger partial charge in [-0.25, -0.2) is 9.79 Å². The van der Waals surface area contributed by atoms with E-state index in [-0.39, 0.29) is 24.0 Å². The Bertz CT molecular complexity index is 1510. The summed E-state index contributed by atoms with van der Waals surface area (Å²) in [6.07, 6.45) is 5.09. The van der Waals surface area contributed by atoms with Gasteiger partial charge < -0.3 is 20.5 Å². The maximum Gasteiger partial charge on any atom is 0.326 e. The lowest BCUT2D eigenvalue weighted by atomic mass is 10.1. The molecule has 12 nitrogen and oxygen atoms in total. The molecule has 3 heterocycles. The van der Waals surface area contributed by atoms with Gasteiger partial charge >= 0.3 is 11.7 Å². The first kappa shape index (κ1) is 20.4. The first-order valence-electron chi connectivity index (χ1n) is 10.3. The van der Waals surface area contributed by atoms with Gasteiger partial charge in [-0.05, 0) is 30.0 Å². The molecule has 0 bridgehead atoms. The number of carboxylic acids is 1. The average molecular weight is 448 g/mol. The quantitative estimate of drug-likeness (QED) is 0.256. The Balaban J connectivity index is 1.49. The molecule has 0 atom stereocenters. The summed E-state index contributed by atoms with van der Waals surface area (Å²) in [6.45, 7) is 0.422. The van der Waals surface area contributed by atoms with Crippen LogP contribution in [0.1, 0.15) is 29.7 Å². The molecular weight excluding hydrogens is 428 g/mol. The van der Waals surface area contributed by atoms with Crippen LogP contribution < -0.4 is 21.8 Å². The van der Waals surface area contributed by atoms with Crippen molar-refractivity contribution in [2.45, 2.75) is 31.8 Å². The van der Waals surface area contributed by atoms with E-state index in [2.05, 4.69) is 35.3 Å². The normalized spacial score (nSPS) is 14.8. The lowest BCUT2D eigenvalue weighted by molar-refractivity contribution is -0.136. The monoisotopic (exact) mass is 448 g/mol. The summed E-state index contributed by atoms with van der Waals surface area (Å²) in [5.74, 6) is -0.806. The second-order valence-corrected chi connectivity index (χ2v) is 7.77. The van der Waals surface area contributed by atoms with E-state index in [1.807, 2.05) is 12.1 Å². The van der Waals surface area contributed by atoms with Crippen LogP contribution in [0.25, 0.3) is 11.7 Å². The number of H-pyrrole nitrogens is 2. The number of benzene rings is 1. The maximum atomic E-state index is 11.4. The number of aromatic nitrogens is 6. The minimum atomic E-state index is -0.875. The number of hydrogen-bond donors (Lipinski definition) is 5. The van der Waals surface area contributed by atoms with Crippen molar-refractivity contribution in [1.29, 1.82) is 0 Å². The average Bonchev–Trinajstić information content (AvgIpc) is 3.41. The van der Waals surface area contributed by atoms with Crippen molar-refractivity contribution >= 4 is 23.6 Å². The van der Waals surface area contributed by atoms with Crippen molar-refractivity contribution in [1.82, 2.24) is 29.5 Å². The van der Waals surface area contributed by atoms with Gasteiger partial charge in [-0.3, -0.25) is 9.78 Å². The number of anilines is 1. The topological polar surface area (TPSA) is 174 Å². The third kappa shape index (κ3) is 4.59. The molecule has 12 heteroatoms. The molecule has 1 saturated carbocycles. The van der Waals surface area contributed by atoms with E-state index in [0.717, 1.165) is 24.0 Å². The maximum absolute atomic E-state index is 11.4. The number of aromatic hydroxyl groups is 1. The zero-order valence-corrected chi connectivity index (χ0v) is 17.3. The zero-order chi connectivity index (χ0) is 22.9. The summed E-state index contributed by atoms with van der Waals surface area (Å²) in [5, 5.41) is 26.9. The third-order valence-electron chi connectivity index (χ3n) is 5.09. The second kappa shape index (κ2) is 8.22. The molecule has 4 aromatic rings. The Morgan fingerprint density at radius 2 is 1.97 bits per heavy atom. The minimum Gasteiger partial charge on any atom is -0.493 e. The van der Waals surface area contributed by atoms with Crippen molar-refractivity contribution < 1.29 is 15.0 Å². The van der Waals surface area contributed by atoms with Crippen LogP contribution in [-0.4, -0.2) is 51.8 Å². The van der Waals surface area contributed by atoms with Gasteiger partial charge in [0.2, 0.25) is 11.8 Å². The largest absolute Gasteiger partial charge is 0.493 e. The van der Waals surface area contributed by atoms with Crippen molar-refractivity contribution in [3.05, 3.63) is 68.6 Å². The highest BCUT2D eigenvalue weighted by Gasteiger charge is 2.21. The van der Waals surface area contributed by atoms with Crippen molar-refractivity contribution in [3.63, 3.8) is 0 Å². The van der Waals surface area contributed by atoms with E-state index < -0.39 is 11.7 Å². The lowest BCUT2D eigenvalue weighted by Crippen LogP contribution is -2.24. The van der Waals surface area contributed by atoms with E-state index >= 15 is 0 Å². The van der Waals surface area contributed by atoms with Gasteiger partial charge in [0.1, 0.15) is 5.69 Å². The molecule has 0 aliphatic heterocycles. The molecule has 168 valence electrons. The molecule has 0 amide bonds. The van der Waals surface area contributed by atoms with Gasteiger partial charge in [-0.15, -0.1) is 0 Å². The van der Waals surface area contributed by atoms with Crippen LogP contribution in [0.15, 0.2) is 40.2 Å². The Hall–Kier alpha value is -4.48. The number of rotatable bonds is 7. The van der Waals surface area contributed by atoms with E-state index in [4.69, 9.17) is 5.11 Å². The number of imidazole rings is 1. The van der Waals surface area contributed by atoms with E-state index in [0.29, 0.717) is 29.0 Å². The van der Waals surface area contributed by atoms with E-state index in [1.54, 1.807) is 24.4 Å². The van der Waals surface area contributed by atoms with Crippen molar-refractivity contribution in [2.24, 2.45) is 4.99 Å². The van der Waals surface area contributed by atoms with Crippen LogP contribution in [0.2, 0.25) is 0 Å². The molecule has 3 aromatic heterocycles. The third-order valence-corrected chi connectivity index (χ3v) is 5.09. The van der Waals surface area contributed by atoms with Crippen molar-refractivity contribution in [2.75, 3.05) is 5.32 Å². The van der Waals surface area contributed by atoms with Crippen LogP contribution in [-0.2, 0) is 17.8 Å². The summed E-state index contributed by atoms with van der Waals surface area (Å²) in [4.78, 5) is 40.7. The molecule has 5 rings (SSSR count). The zero-order valence-electron chi connectivity index (χ0n) is 17.3. The fourth-order valence-corrected chi connectivity index (χ4v) is 3.29. The number of carboxylic acid groups (broad SMARTS) is 1. The number of fused-ring (bicyclic) bond motifs is 1. The molecular formula is C21H20N8O4. The highest BCUT2D eigenvalue weighted by molar-refractivity contribution is 5.70. The molecule has 5 N–H and O–H groups in total. The summed E-state index contributed by atoms with van der Waals surface area (Å²) >= 11 is 0. The fourth-order valence-electron chi connectivity index (χ4n) is 3.29. The second-order valence-electron chi connectivity index (χ2n) is 7.77. The molecule has 1 aliphatic rings. The first-order chi connectivity index (χ1) is 15.9. The van der Waals surface area contributed by atoms with E-state index in [9.17, 15) is 14.7 Å². The van der Waals surface area contributed by atoms with Gasteiger partial charge in [0, 0.05) is 11.8 Å². The van der Waals surface area contributed by atoms with Gasteiger partial charge in [0.25, 0.3) is 5.62 Å². The Kier molecular flexibility index (Phi) is 5.09. The minimum absolute atomic E-state index is 0.0258. The molecule has 0 radical (unpaired) electrons. The van der Waals surface area contributed by atoms with E-state index in [1.165, 1.54) is 4.52 Å². The number of hydrogen-bond acceptors (Lipinski definition) is 8. The summed E-state index contributed by atoms with van der Waals surface area (Å²) < 4.78 is 1.53. The number of aromatic amines is 2. The standard InChI is InChI=1S/C21H20N8O4/c30-16(31)7-11-1-3-12(4-2-11)9-22-19-26-17-13(8-15-18(32)27-21(33)25-15)10-23-29(17)20(28-19)24-14-5-6-14/h1-4,8,10,14,32H,5-7,9H2,(H,30,31)(H,22,24,28)(H2,25,27,33)/b13-8+. The number of nitrogens with one attached hydrogen (secondary N) is 3. The van der Waals surface area contributed by atoms with Gasteiger partial charge in [-0.2, -0.15) is 19.6 Å². The lowest BCUT2D eigenvalue weighted by Gasteiger charge is -2.06. The predicted molar refractivity (Wildman–Crippen MR) is 116 cm³/mol.